The zero-order valence-corrected chi connectivity index (χ0v) is 38.3. The minimum atomic E-state index is -1.42. The highest BCUT2D eigenvalue weighted by Crippen LogP contribution is 2.71. The van der Waals surface area contributed by atoms with Crippen LogP contribution in [0.5, 0.6) is 17.2 Å². The van der Waals surface area contributed by atoms with Crippen molar-refractivity contribution in [2.75, 3.05) is 20.8 Å². The molecule has 0 spiro atoms. The predicted molar refractivity (Wildman–Crippen MR) is 240 cm³/mol. The molecule has 10 heteroatoms. The van der Waals surface area contributed by atoms with Gasteiger partial charge in [-0.05, 0) is 109 Å². The van der Waals surface area contributed by atoms with Crippen LogP contribution in [-0.2, 0) is 14.3 Å². The van der Waals surface area contributed by atoms with Gasteiger partial charge in [-0.15, -0.1) is 0 Å². The average molecular weight is 855 g/mol. The highest BCUT2D eigenvalue weighted by molar-refractivity contribution is 6.04. The molecule has 0 aromatic heterocycles. The number of ether oxygens (including phenoxy) is 5. The first kappa shape index (κ1) is 44.9. The number of aliphatic hydroxyl groups is 3. The first-order valence-corrected chi connectivity index (χ1v) is 23.1. The lowest BCUT2D eigenvalue weighted by molar-refractivity contribution is -0.316. The Bertz CT molecular complexity index is 2240. The van der Waals surface area contributed by atoms with Gasteiger partial charge in [0.25, 0.3) is 0 Å². The lowest BCUT2D eigenvalue weighted by Gasteiger charge is -2.59. The number of hydrogen-bond donors (Lipinski definition) is 4. The molecule has 3 aromatic rings. The third kappa shape index (κ3) is 7.15. The van der Waals surface area contributed by atoms with Gasteiger partial charge in [0.05, 0.1) is 32.8 Å². The summed E-state index contributed by atoms with van der Waals surface area (Å²) in [5.74, 6) is 1.86. The number of methoxy groups -OCH3 is 2. The molecule has 0 radical (unpaired) electrons. The molecule has 5 aliphatic rings. The van der Waals surface area contributed by atoms with E-state index in [1.54, 1.807) is 25.4 Å². The molecule has 2 saturated carbocycles. The molecule has 0 bridgehead atoms. The van der Waals surface area contributed by atoms with Crippen LogP contribution in [0.25, 0.3) is 21.5 Å². The number of aliphatic hydroxyl groups excluding tert-OH is 3. The average Bonchev–Trinajstić information content (AvgIpc) is 3.53. The SMILES string of the molecule is COc1ccc2cc3cccc(O[C@H]4[C@H](O)[C@@H](O)[C@H](O[C@@H]5CC[C@@]6(C)C(=CCC7=C6CC[C@]6(C)[C@@H]([C@H](C)CCC[C@@H](C)C(=O)O)CC[C@@]76C)C5(C)C)O[C@@H]4CO)c3cc2c1OC. The standard InChI is InChI=1S/C52H70O10/c1-29(12-10-13-30(2)47(56)57)35-20-24-52(7)37-17-19-41-49(3,4)42(22-23-50(41,5)36(37)21-25-51(35,52)6)62-48-44(55)43(54)46(40(28-53)61-48)60-38-15-11-14-31-26-32-16-18-39(58-8)45(59-9)34(32)27-33(31)38/h11,14-16,18-19,26-27,29-30,35,40,42-44,46,48,53-55H,10,12-13,17,20-25,28H2,1-9H3,(H,56,57)/t29-,30-,35-,40-,42-,43-,44-,46-,48+,50-,51-,52+/m1/s1. The van der Waals surface area contributed by atoms with Crippen molar-refractivity contribution >= 4 is 27.5 Å². The van der Waals surface area contributed by atoms with E-state index in [1.165, 1.54) is 18.4 Å². The molecule has 1 saturated heterocycles. The number of allylic oxidation sites excluding steroid dienone is 3. The number of aliphatic carboxylic acids is 1. The number of fused-ring (bicyclic) bond motifs is 6. The van der Waals surface area contributed by atoms with E-state index in [1.807, 2.05) is 49.4 Å². The molecule has 12 atom stereocenters. The highest BCUT2D eigenvalue weighted by Gasteiger charge is 2.62. The normalized spacial score (nSPS) is 35.1. The van der Waals surface area contributed by atoms with Crippen LogP contribution < -0.4 is 14.2 Å². The summed E-state index contributed by atoms with van der Waals surface area (Å²) in [6.07, 6.45) is 6.18. The predicted octanol–water partition coefficient (Wildman–Crippen LogP) is 9.78. The second kappa shape index (κ2) is 16.7. The van der Waals surface area contributed by atoms with Gasteiger partial charge in [0, 0.05) is 21.6 Å². The van der Waals surface area contributed by atoms with Crippen molar-refractivity contribution in [1.29, 1.82) is 0 Å². The van der Waals surface area contributed by atoms with Crippen LogP contribution in [0.1, 0.15) is 113 Å². The van der Waals surface area contributed by atoms with Gasteiger partial charge < -0.3 is 44.1 Å². The van der Waals surface area contributed by atoms with Gasteiger partial charge in [0.15, 0.2) is 23.9 Å². The van der Waals surface area contributed by atoms with Gasteiger partial charge in [0.2, 0.25) is 0 Å². The van der Waals surface area contributed by atoms with Gasteiger partial charge in [-0.1, -0.05) is 102 Å². The van der Waals surface area contributed by atoms with E-state index in [2.05, 4.69) is 47.6 Å². The molecule has 8 rings (SSSR count). The molecule has 4 aliphatic carbocycles. The largest absolute Gasteiger partial charge is 0.493 e. The number of carboxylic acid groups (broad SMARTS) is 1. The number of hydrogen-bond acceptors (Lipinski definition) is 9. The van der Waals surface area contributed by atoms with Crippen LogP contribution in [0.3, 0.4) is 0 Å². The van der Waals surface area contributed by atoms with Crippen LogP contribution in [-0.4, -0.2) is 84.0 Å². The first-order chi connectivity index (χ1) is 29.4. The van der Waals surface area contributed by atoms with Gasteiger partial charge in [0.1, 0.15) is 24.1 Å². The minimum Gasteiger partial charge on any atom is -0.493 e. The zero-order valence-electron chi connectivity index (χ0n) is 38.3. The molecule has 10 nitrogen and oxygen atoms in total. The second-order valence-electron chi connectivity index (χ2n) is 20.7. The van der Waals surface area contributed by atoms with Crippen LogP contribution >= 0.6 is 0 Å². The number of benzene rings is 3. The second-order valence-corrected chi connectivity index (χ2v) is 20.7. The first-order valence-electron chi connectivity index (χ1n) is 23.1. The quantitative estimate of drug-likeness (QED) is 0.0969. The Hall–Kier alpha value is -3.67. The molecule has 4 N–H and O–H groups in total. The van der Waals surface area contributed by atoms with E-state index in [4.69, 9.17) is 23.7 Å². The van der Waals surface area contributed by atoms with Crippen LogP contribution in [0, 0.1) is 39.4 Å². The maximum Gasteiger partial charge on any atom is 0.306 e. The Kier molecular flexibility index (Phi) is 12.1. The van der Waals surface area contributed by atoms with Gasteiger partial charge in [-0.3, -0.25) is 4.79 Å². The third-order valence-corrected chi connectivity index (χ3v) is 17.2. The maximum absolute atomic E-state index is 11.7. The van der Waals surface area contributed by atoms with Crippen LogP contribution in [0.4, 0.5) is 0 Å². The molecule has 1 heterocycles. The van der Waals surface area contributed by atoms with E-state index in [0.717, 1.165) is 72.9 Å². The molecule has 338 valence electrons. The van der Waals surface area contributed by atoms with Crippen molar-refractivity contribution in [2.45, 2.75) is 149 Å². The summed E-state index contributed by atoms with van der Waals surface area (Å²) in [7, 11) is 3.21. The summed E-state index contributed by atoms with van der Waals surface area (Å²) in [5.41, 5.74) is 4.47. The van der Waals surface area contributed by atoms with E-state index < -0.39 is 48.7 Å². The molecule has 62 heavy (non-hydrogen) atoms. The third-order valence-electron chi connectivity index (χ3n) is 17.2. The molecule has 0 amide bonds. The molecule has 0 unspecified atom stereocenters. The summed E-state index contributed by atoms with van der Waals surface area (Å²) in [4.78, 5) is 11.5. The van der Waals surface area contributed by atoms with Crippen molar-refractivity contribution < 1.29 is 48.9 Å². The fourth-order valence-electron chi connectivity index (χ4n) is 13.4. The Morgan fingerprint density at radius 2 is 1.63 bits per heavy atom. The topological polar surface area (TPSA) is 144 Å². The summed E-state index contributed by atoms with van der Waals surface area (Å²) < 4.78 is 30.9. The number of carbonyl (C=O) groups is 1. The zero-order chi connectivity index (χ0) is 44.5. The molecule has 1 aliphatic heterocycles. The molecule has 3 aromatic carbocycles. The van der Waals surface area contributed by atoms with Crippen LogP contribution in [0.15, 0.2) is 65.3 Å². The highest BCUT2D eigenvalue weighted by atomic mass is 16.7. The molecule has 3 fully saturated rings. The van der Waals surface area contributed by atoms with E-state index in [-0.39, 0.29) is 28.3 Å². The number of carboxylic acids is 1. The summed E-state index contributed by atoms with van der Waals surface area (Å²) in [5, 5.41) is 47.0. The Morgan fingerprint density at radius 1 is 0.871 bits per heavy atom. The summed E-state index contributed by atoms with van der Waals surface area (Å²) in [6, 6.07) is 13.5. The van der Waals surface area contributed by atoms with Gasteiger partial charge >= 0.3 is 5.97 Å². The number of rotatable bonds is 13. The van der Waals surface area contributed by atoms with Gasteiger partial charge in [-0.25, -0.2) is 0 Å². The van der Waals surface area contributed by atoms with Crippen molar-refractivity contribution in [3.8, 4) is 17.2 Å². The Labute approximate surface area is 367 Å². The molecular weight excluding hydrogens is 785 g/mol. The lowest BCUT2D eigenvalue weighted by atomic mass is 9.46. The molecular formula is C52H70O10. The smallest absolute Gasteiger partial charge is 0.306 e. The van der Waals surface area contributed by atoms with Crippen molar-refractivity contribution in [3.63, 3.8) is 0 Å². The Balaban J connectivity index is 0.977. The Morgan fingerprint density at radius 3 is 2.34 bits per heavy atom. The van der Waals surface area contributed by atoms with Crippen molar-refractivity contribution in [1.82, 2.24) is 0 Å². The lowest BCUT2D eigenvalue weighted by Crippen LogP contribution is -2.62. The summed E-state index contributed by atoms with van der Waals surface area (Å²) >= 11 is 0. The van der Waals surface area contributed by atoms with Gasteiger partial charge in [-0.2, -0.15) is 0 Å². The van der Waals surface area contributed by atoms with E-state index in [0.29, 0.717) is 29.1 Å². The fraction of sp³-hybridized carbons (Fsp3) is 0.635. The van der Waals surface area contributed by atoms with Crippen molar-refractivity contribution in [3.05, 3.63) is 65.3 Å². The van der Waals surface area contributed by atoms with E-state index >= 15 is 0 Å². The summed E-state index contributed by atoms with van der Waals surface area (Å²) in [6.45, 7) is 15.8. The van der Waals surface area contributed by atoms with Crippen molar-refractivity contribution in [2.24, 2.45) is 39.4 Å². The van der Waals surface area contributed by atoms with E-state index in [9.17, 15) is 25.2 Å². The maximum atomic E-state index is 11.7. The monoisotopic (exact) mass is 854 g/mol. The van der Waals surface area contributed by atoms with Crippen LogP contribution in [0.2, 0.25) is 0 Å². The minimum absolute atomic E-state index is 0.102. The fourth-order valence-corrected chi connectivity index (χ4v) is 13.4.